The number of nitrogens with zero attached hydrogens (tertiary/aromatic N) is 1. The Morgan fingerprint density at radius 3 is 2.14 bits per heavy atom. The van der Waals surface area contributed by atoms with Gasteiger partial charge in [-0.25, -0.2) is 4.98 Å². The largest absolute Gasteiger partial charge is 0.331 e. The number of hydrogen-bond donors (Lipinski definition) is 1. The maximum atomic E-state index is 4.79. The van der Waals surface area contributed by atoms with Crippen molar-refractivity contribution in [2.45, 2.75) is 0 Å². The van der Waals surface area contributed by atoms with Gasteiger partial charge in [-0.1, -0.05) is 91.0 Å². The molecule has 0 fully saturated rings. The van der Waals surface area contributed by atoms with Crippen molar-refractivity contribution in [2.75, 3.05) is 5.32 Å². The highest BCUT2D eigenvalue weighted by Gasteiger charge is 2.07. The van der Waals surface area contributed by atoms with Crippen LogP contribution in [0.25, 0.3) is 33.2 Å². The van der Waals surface area contributed by atoms with Gasteiger partial charge >= 0.3 is 0 Å². The van der Waals surface area contributed by atoms with Crippen LogP contribution in [0.3, 0.4) is 0 Å². The fourth-order valence-corrected chi connectivity index (χ4v) is 4.11. The van der Waals surface area contributed by atoms with E-state index in [-0.39, 0.29) is 0 Å². The minimum Gasteiger partial charge on any atom is -0.331 e. The van der Waals surface area contributed by atoms with Crippen LogP contribution in [0.4, 0.5) is 10.8 Å². The zero-order chi connectivity index (χ0) is 18.8. The number of fused-ring (bicyclic) bond motifs is 1. The van der Waals surface area contributed by atoms with Crippen molar-refractivity contribution in [3.05, 3.63) is 102 Å². The standard InChI is InChI=1S/C25H18N2S/c1-2-7-18(8-3-1)19-13-15-21(16-14-19)24-17-28-25(27-24)26-23-12-6-10-20-9-4-5-11-22(20)23/h1-17H,(H,26,27). The Bertz CT molecular complexity index is 1220. The van der Waals surface area contributed by atoms with E-state index in [9.17, 15) is 0 Å². The van der Waals surface area contributed by atoms with Crippen molar-refractivity contribution in [2.24, 2.45) is 0 Å². The number of thiazole rings is 1. The second-order valence-corrected chi connectivity index (χ2v) is 7.49. The molecule has 5 rings (SSSR count). The molecule has 1 heterocycles. The zero-order valence-corrected chi connectivity index (χ0v) is 16.0. The molecule has 2 nitrogen and oxygen atoms in total. The third-order valence-electron chi connectivity index (χ3n) is 4.82. The van der Waals surface area contributed by atoms with Crippen molar-refractivity contribution in [3.8, 4) is 22.4 Å². The van der Waals surface area contributed by atoms with Gasteiger partial charge in [0.05, 0.1) is 5.69 Å². The summed E-state index contributed by atoms with van der Waals surface area (Å²) in [6.07, 6.45) is 0. The predicted molar refractivity (Wildman–Crippen MR) is 120 cm³/mol. The summed E-state index contributed by atoms with van der Waals surface area (Å²) in [6.45, 7) is 0. The van der Waals surface area contributed by atoms with E-state index in [2.05, 4.69) is 102 Å². The predicted octanol–water partition coefficient (Wildman–Crippen LogP) is 7.37. The molecule has 3 heteroatoms. The van der Waals surface area contributed by atoms with Gasteiger partial charge < -0.3 is 5.32 Å². The second-order valence-electron chi connectivity index (χ2n) is 6.63. The molecule has 5 aromatic rings. The molecule has 0 bridgehead atoms. The number of rotatable bonds is 4. The molecule has 0 aliphatic heterocycles. The van der Waals surface area contributed by atoms with E-state index in [1.54, 1.807) is 11.3 Å². The molecule has 0 spiro atoms. The highest BCUT2D eigenvalue weighted by molar-refractivity contribution is 7.14. The number of aromatic nitrogens is 1. The van der Waals surface area contributed by atoms with Gasteiger partial charge in [0.1, 0.15) is 0 Å². The molecule has 0 radical (unpaired) electrons. The van der Waals surface area contributed by atoms with Gasteiger partial charge in [-0.05, 0) is 22.6 Å². The van der Waals surface area contributed by atoms with Crippen LogP contribution in [-0.2, 0) is 0 Å². The topological polar surface area (TPSA) is 24.9 Å². The Morgan fingerprint density at radius 2 is 1.29 bits per heavy atom. The minimum atomic E-state index is 0.901. The normalized spacial score (nSPS) is 10.9. The first-order valence-electron chi connectivity index (χ1n) is 9.23. The van der Waals surface area contributed by atoms with Crippen LogP contribution in [0.2, 0.25) is 0 Å². The lowest BCUT2D eigenvalue weighted by Gasteiger charge is -2.07. The van der Waals surface area contributed by atoms with E-state index in [1.807, 2.05) is 6.07 Å². The van der Waals surface area contributed by atoms with Gasteiger partial charge in [0.25, 0.3) is 0 Å². The van der Waals surface area contributed by atoms with Gasteiger partial charge in [-0.15, -0.1) is 11.3 Å². The maximum absolute atomic E-state index is 4.79. The summed E-state index contributed by atoms with van der Waals surface area (Å²) in [5.74, 6) is 0. The Kier molecular flexibility index (Phi) is 4.36. The molecule has 0 aliphatic carbocycles. The van der Waals surface area contributed by atoms with E-state index in [0.29, 0.717) is 0 Å². The van der Waals surface area contributed by atoms with Crippen LogP contribution in [0.5, 0.6) is 0 Å². The Labute approximate surface area is 168 Å². The number of hydrogen-bond acceptors (Lipinski definition) is 3. The molecule has 0 atom stereocenters. The number of anilines is 2. The molecule has 0 amide bonds. The molecule has 4 aromatic carbocycles. The molecule has 0 aliphatic rings. The fraction of sp³-hybridized carbons (Fsp3) is 0. The zero-order valence-electron chi connectivity index (χ0n) is 15.2. The van der Waals surface area contributed by atoms with Crippen molar-refractivity contribution in [3.63, 3.8) is 0 Å². The molecule has 0 unspecified atom stereocenters. The van der Waals surface area contributed by atoms with E-state index in [4.69, 9.17) is 4.98 Å². The minimum absolute atomic E-state index is 0.901. The van der Waals surface area contributed by atoms with Gasteiger partial charge in [0.15, 0.2) is 5.13 Å². The first-order valence-corrected chi connectivity index (χ1v) is 10.1. The summed E-state index contributed by atoms with van der Waals surface area (Å²) < 4.78 is 0. The molecule has 134 valence electrons. The summed E-state index contributed by atoms with van der Waals surface area (Å²) in [6, 6.07) is 33.7. The molecular formula is C25H18N2S. The van der Waals surface area contributed by atoms with Crippen molar-refractivity contribution >= 4 is 32.9 Å². The molecule has 1 N–H and O–H groups in total. The van der Waals surface area contributed by atoms with Gasteiger partial charge in [0.2, 0.25) is 0 Å². The summed E-state index contributed by atoms with van der Waals surface area (Å²) in [5.41, 5.74) is 5.65. The first kappa shape index (κ1) is 16.7. The van der Waals surface area contributed by atoms with Crippen LogP contribution in [-0.4, -0.2) is 4.98 Å². The SMILES string of the molecule is c1ccc(-c2ccc(-c3csc(Nc4cccc5ccccc45)n3)cc2)cc1. The maximum Gasteiger partial charge on any atom is 0.187 e. The van der Waals surface area contributed by atoms with E-state index < -0.39 is 0 Å². The van der Waals surface area contributed by atoms with Crippen LogP contribution in [0.15, 0.2) is 102 Å². The number of nitrogens with one attached hydrogen (secondary N) is 1. The number of benzene rings is 4. The highest BCUT2D eigenvalue weighted by Crippen LogP contribution is 2.31. The van der Waals surface area contributed by atoms with Crippen LogP contribution in [0.1, 0.15) is 0 Å². The van der Waals surface area contributed by atoms with Gasteiger partial charge in [-0.2, -0.15) is 0 Å². The summed E-state index contributed by atoms with van der Waals surface area (Å²) in [7, 11) is 0. The lowest BCUT2D eigenvalue weighted by atomic mass is 10.0. The average Bonchev–Trinajstić information content (AvgIpc) is 3.23. The van der Waals surface area contributed by atoms with Gasteiger partial charge in [0, 0.05) is 22.0 Å². The van der Waals surface area contributed by atoms with E-state index in [1.165, 1.54) is 21.9 Å². The van der Waals surface area contributed by atoms with Gasteiger partial charge in [-0.3, -0.25) is 0 Å². The Morgan fingerprint density at radius 1 is 0.607 bits per heavy atom. The first-order chi connectivity index (χ1) is 13.9. The molecule has 1 aromatic heterocycles. The van der Waals surface area contributed by atoms with Crippen molar-refractivity contribution < 1.29 is 0 Å². The molecule has 28 heavy (non-hydrogen) atoms. The third-order valence-corrected chi connectivity index (χ3v) is 5.58. The quantitative estimate of drug-likeness (QED) is 0.353. The summed E-state index contributed by atoms with van der Waals surface area (Å²) in [4.78, 5) is 4.79. The summed E-state index contributed by atoms with van der Waals surface area (Å²) in [5, 5.41) is 8.91. The Balaban J connectivity index is 1.40. The van der Waals surface area contributed by atoms with Crippen LogP contribution >= 0.6 is 11.3 Å². The van der Waals surface area contributed by atoms with E-state index in [0.717, 1.165) is 22.1 Å². The van der Waals surface area contributed by atoms with Crippen molar-refractivity contribution in [1.82, 2.24) is 4.98 Å². The molecule has 0 saturated carbocycles. The van der Waals surface area contributed by atoms with Crippen LogP contribution < -0.4 is 5.32 Å². The Hall–Kier alpha value is -3.43. The molecular weight excluding hydrogens is 360 g/mol. The second kappa shape index (κ2) is 7.29. The molecule has 0 saturated heterocycles. The van der Waals surface area contributed by atoms with E-state index >= 15 is 0 Å². The smallest absolute Gasteiger partial charge is 0.187 e. The monoisotopic (exact) mass is 378 g/mol. The highest BCUT2D eigenvalue weighted by atomic mass is 32.1. The lowest BCUT2D eigenvalue weighted by molar-refractivity contribution is 1.39. The average molecular weight is 379 g/mol. The van der Waals surface area contributed by atoms with Crippen molar-refractivity contribution in [1.29, 1.82) is 0 Å². The lowest BCUT2D eigenvalue weighted by Crippen LogP contribution is -1.91. The fourth-order valence-electron chi connectivity index (χ4n) is 3.38. The third kappa shape index (κ3) is 3.28. The van der Waals surface area contributed by atoms with Crippen LogP contribution in [0, 0.1) is 0 Å². The summed E-state index contributed by atoms with van der Waals surface area (Å²) >= 11 is 1.63.